The van der Waals surface area contributed by atoms with E-state index in [-0.39, 0.29) is 12.2 Å². The molecule has 3 rings (SSSR count). The van der Waals surface area contributed by atoms with Crippen LogP contribution in [0.2, 0.25) is 0 Å². The predicted octanol–water partition coefficient (Wildman–Crippen LogP) is 1.62. The first-order valence-electron chi connectivity index (χ1n) is 5.92. The highest BCUT2D eigenvalue weighted by molar-refractivity contribution is 7.74. The Balaban J connectivity index is 2.11. The van der Waals surface area contributed by atoms with Gasteiger partial charge in [0.05, 0.1) is 0 Å². The summed E-state index contributed by atoms with van der Waals surface area (Å²) in [6, 6.07) is 3.54. The van der Waals surface area contributed by atoms with E-state index in [1.165, 1.54) is 12.2 Å². The molecule has 2 unspecified atom stereocenters. The van der Waals surface area contributed by atoms with Gasteiger partial charge in [0, 0.05) is 6.42 Å². The van der Waals surface area contributed by atoms with Crippen LogP contribution in [0.3, 0.4) is 0 Å². The van der Waals surface area contributed by atoms with E-state index in [1.807, 2.05) is 6.07 Å². The average Bonchev–Trinajstić information content (AvgIpc) is 2.40. The fourth-order valence-corrected chi connectivity index (χ4v) is 2.76. The molecule has 0 amide bonds. The van der Waals surface area contributed by atoms with Crippen LogP contribution in [0.5, 0.6) is 0 Å². The molecule has 0 fully saturated rings. The molecule has 2 atom stereocenters. The average molecular weight is 290 g/mol. The number of carbonyl (C=O) groups is 2. The Hall–Kier alpha value is -1.89. The first-order valence-corrected chi connectivity index (χ1v) is 6.95. The van der Waals surface area contributed by atoms with Gasteiger partial charge in [-0.05, 0) is 40.5 Å². The molecule has 1 aromatic carbocycles. The molecule has 0 spiro atoms. The lowest BCUT2D eigenvalue weighted by molar-refractivity contribution is -0.121. The van der Waals surface area contributed by atoms with Gasteiger partial charge in [0.25, 0.3) is 0 Å². The van der Waals surface area contributed by atoms with Crippen LogP contribution in [-0.2, 0) is 31.6 Å². The second-order valence-electron chi connectivity index (χ2n) is 4.59. The van der Waals surface area contributed by atoms with Crippen LogP contribution in [0.15, 0.2) is 24.3 Å². The molecule has 20 heavy (non-hydrogen) atoms. The van der Waals surface area contributed by atoms with Gasteiger partial charge in [0.1, 0.15) is 0 Å². The zero-order valence-electron chi connectivity index (χ0n) is 10.2. The standard InChI is InChI=1S/C14H10O5S/c15-11-3-1-8-5-9-2-4-13(16)14(19-20(17)18)12(9)7-10(8)6-11/h1-5,7,14H,6H2,(H,17,18). The molecule has 2 aliphatic rings. The van der Waals surface area contributed by atoms with Crippen molar-refractivity contribution in [3.8, 4) is 0 Å². The Bertz CT molecular complexity index is 702. The van der Waals surface area contributed by atoms with E-state index >= 15 is 0 Å². The van der Waals surface area contributed by atoms with Crippen molar-refractivity contribution in [2.45, 2.75) is 12.5 Å². The van der Waals surface area contributed by atoms with Gasteiger partial charge in [0.2, 0.25) is 0 Å². The first kappa shape index (κ1) is 13.1. The van der Waals surface area contributed by atoms with Crippen LogP contribution in [0.1, 0.15) is 28.4 Å². The van der Waals surface area contributed by atoms with Gasteiger partial charge >= 0.3 is 11.4 Å². The Morgan fingerprint density at radius 1 is 1.10 bits per heavy atom. The maximum Gasteiger partial charge on any atom is 0.302 e. The van der Waals surface area contributed by atoms with Crippen LogP contribution in [0.25, 0.3) is 12.2 Å². The zero-order valence-corrected chi connectivity index (χ0v) is 11.1. The van der Waals surface area contributed by atoms with Crippen LogP contribution < -0.4 is 0 Å². The summed E-state index contributed by atoms with van der Waals surface area (Å²) in [5.41, 5.74) is 2.96. The summed E-state index contributed by atoms with van der Waals surface area (Å²) in [5, 5.41) is 0. The lowest BCUT2D eigenvalue weighted by atomic mass is 9.86. The second kappa shape index (κ2) is 4.90. The van der Waals surface area contributed by atoms with E-state index in [2.05, 4.69) is 0 Å². The summed E-state index contributed by atoms with van der Waals surface area (Å²) in [6.45, 7) is 0. The summed E-state index contributed by atoms with van der Waals surface area (Å²) in [5.74, 6) is -0.407. The molecule has 1 aromatic rings. The highest BCUT2D eigenvalue weighted by atomic mass is 32.2. The maximum absolute atomic E-state index is 11.8. The van der Waals surface area contributed by atoms with Crippen LogP contribution in [0.4, 0.5) is 0 Å². The molecule has 1 N–H and O–H groups in total. The Morgan fingerprint density at radius 2 is 1.85 bits per heavy atom. The fraction of sp³-hybridized carbons (Fsp3) is 0.143. The maximum atomic E-state index is 11.8. The zero-order chi connectivity index (χ0) is 14.3. The van der Waals surface area contributed by atoms with Gasteiger partial charge in [-0.15, -0.1) is 0 Å². The number of ketones is 2. The van der Waals surface area contributed by atoms with Crippen LogP contribution in [0, 0.1) is 0 Å². The highest BCUT2D eigenvalue weighted by Gasteiger charge is 2.28. The highest BCUT2D eigenvalue weighted by Crippen LogP contribution is 2.33. The lowest BCUT2D eigenvalue weighted by Crippen LogP contribution is -2.20. The molecule has 0 bridgehead atoms. The minimum absolute atomic E-state index is 0.0154. The molecule has 0 saturated carbocycles. The minimum Gasteiger partial charge on any atom is -0.294 e. The third kappa shape index (κ3) is 2.29. The molecule has 102 valence electrons. The van der Waals surface area contributed by atoms with Crippen molar-refractivity contribution in [3.63, 3.8) is 0 Å². The van der Waals surface area contributed by atoms with Gasteiger partial charge in [-0.2, -0.15) is 4.21 Å². The molecule has 0 aliphatic heterocycles. The second-order valence-corrected chi connectivity index (χ2v) is 5.21. The third-order valence-electron chi connectivity index (χ3n) is 3.30. The van der Waals surface area contributed by atoms with Crippen LogP contribution >= 0.6 is 0 Å². The largest absolute Gasteiger partial charge is 0.302 e. The van der Waals surface area contributed by atoms with Crippen molar-refractivity contribution in [2.24, 2.45) is 0 Å². The van der Waals surface area contributed by atoms with Crippen molar-refractivity contribution >= 4 is 35.1 Å². The third-order valence-corrected chi connectivity index (χ3v) is 3.66. The molecular formula is C14H10O5S. The Morgan fingerprint density at radius 3 is 2.60 bits per heavy atom. The van der Waals surface area contributed by atoms with Crippen molar-refractivity contribution in [1.82, 2.24) is 0 Å². The lowest BCUT2D eigenvalue weighted by Gasteiger charge is -2.22. The van der Waals surface area contributed by atoms with Gasteiger partial charge in [-0.25, -0.2) is 0 Å². The number of carbonyl (C=O) groups excluding carboxylic acids is 2. The Kier molecular flexibility index (Phi) is 3.21. The summed E-state index contributed by atoms with van der Waals surface area (Å²) in [4.78, 5) is 23.2. The van der Waals surface area contributed by atoms with Gasteiger partial charge in [-0.1, -0.05) is 18.2 Å². The minimum atomic E-state index is -2.54. The van der Waals surface area contributed by atoms with Crippen molar-refractivity contribution in [3.05, 3.63) is 46.5 Å². The molecule has 0 radical (unpaired) electrons. The first-order chi connectivity index (χ1) is 9.54. The van der Waals surface area contributed by atoms with Gasteiger partial charge in [0.15, 0.2) is 17.7 Å². The van der Waals surface area contributed by atoms with E-state index in [9.17, 15) is 13.8 Å². The van der Waals surface area contributed by atoms with Gasteiger partial charge in [-0.3, -0.25) is 18.3 Å². The molecule has 6 heteroatoms. The fourth-order valence-electron chi connectivity index (χ4n) is 2.40. The molecule has 2 aliphatic carbocycles. The van der Waals surface area contributed by atoms with Crippen molar-refractivity contribution in [2.75, 3.05) is 0 Å². The molecule has 0 aromatic heterocycles. The van der Waals surface area contributed by atoms with E-state index < -0.39 is 23.2 Å². The summed E-state index contributed by atoms with van der Waals surface area (Å²) in [7, 11) is 0. The van der Waals surface area contributed by atoms with E-state index in [1.54, 1.807) is 18.2 Å². The van der Waals surface area contributed by atoms with Gasteiger partial charge < -0.3 is 0 Å². The quantitative estimate of drug-likeness (QED) is 0.837. The van der Waals surface area contributed by atoms with Crippen LogP contribution in [-0.4, -0.2) is 20.3 Å². The number of hydrogen-bond donors (Lipinski definition) is 1. The number of rotatable bonds is 2. The number of benzene rings is 1. The monoisotopic (exact) mass is 290 g/mol. The van der Waals surface area contributed by atoms with E-state index in [4.69, 9.17) is 8.74 Å². The smallest absolute Gasteiger partial charge is 0.294 e. The Labute approximate surface area is 117 Å². The number of hydrogen-bond acceptors (Lipinski definition) is 4. The molecule has 5 nitrogen and oxygen atoms in total. The normalized spacial score (nSPS) is 21.6. The molecule has 0 heterocycles. The van der Waals surface area contributed by atoms with Crippen molar-refractivity contribution < 1.29 is 22.5 Å². The van der Waals surface area contributed by atoms with Crippen molar-refractivity contribution in [1.29, 1.82) is 0 Å². The summed E-state index contributed by atoms with van der Waals surface area (Å²) in [6.07, 6.45) is 5.36. The van der Waals surface area contributed by atoms with E-state index in [0.29, 0.717) is 5.56 Å². The predicted molar refractivity (Wildman–Crippen MR) is 72.8 cm³/mol. The topological polar surface area (TPSA) is 80.7 Å². The van der Waals surface area contributed by atoms with E-state index in [0.717, 1.165) is 16.7 Å². The summed E-state index contributed by atoms with van der Waals surface area (Å²) < 4.78 is 24.4. The SMILES string of the molecule is O=C1C=Cc2cc3c(cc2C1)C(OS(=O)O)C(=O)C=C3. The molecular weight excluding hydrogens is 280 g/mol. The number of allylic oxidation sites excluding steroid dienone is 1. The number of fused-ring (bicyclic) bond motifs is 2. The molecule has 0 saturated heterocycles. The summed E-state index contributed by atoms with van der Waals surface area (Å²) >= 11 is -2.54.